The van der Waals surface area contributed by atoms with Gasteiger partial charge in [0.1, 0.15) is 6.61 Å². The van der Waals surface area contributed by atoms with Crippen LogP contribution in [0, 0.1) is 11.8 Å². The van der Waals surface area contributed by atoms with Crippen molar-refractivity contribution in [3.63, 3.8) is 0 Å². The van der Waals surface area contributed by atoms with Gasteiger partial charge >= 0.3 is 5.97 Å². The van der Waals surface area contributed by atoms with E-state index in [0.29, 0.717) is 23.6 Å². The van der Waals surface area contributed by atoms with E-state index < -0.39 is 11.7 Å². The van der Waals surface area contributed by atoms with Crippen LogP contribution in [0.2, 0.25) is 0 Å². The Hall–Kier alpha value is -2.74. The van der Waals surface area contributed by atoms with Gasteiger partial charge in [0, 0.05) is 24.2 Å². The maximum absolute atomic E-state index is 13.9. The minimum absolute atomic E-state index is 0.0101. The first-order chi connectivity index (χ1) is 18.0. The molecule has 2 saturated carbocycles. The van der Waals surface area contributed by atoms with Gasteiger partial charge in [-0.05, 0) is 75.8 Å². The molecular weight excluding hydrogens is 468 g/mol. The number of piperidine rings is 2. The predicted octanol–water partition coefficient (Wildman–Crippen LogP) is 4.75. The number of fused-ring (bicyclic) bond motifs is 5. The number of hydrogen-bond donors (Lipinski definition) is 1. The average Bonchev–Trinajstić information content (AvgIpc) is 2.88. The molecule has 0 spiro atoms. The summed E-state index contributed by atoms with van der Waals surface area (Å²) in [6, 6.07) is 9.19. The molecule has 8 heteroatoms. The van der Waals surface area contributed by atoms with Gasteiger partial charge in [-0.1, -0.05) is 43.0 Å². The van der Waals surface area contributed by atoms with Crippen molar-refractivity contribution in [3.8, 4) is 0 Å². The molecule has 2 saturated heterocycles. The van der Waals surface area contributed by atoms with Crippen LogP contribution >= 0.6 is 0 Å². The molecule has 4 fully saturated rings. The smallest absolute Gasteiger partial charge is 0.360 e. The van der Waals surface area contributed by atoms with Gasteiger partial charge in [-0.3, -0.25) is 9.69 Å². The fourth-order valence-electron chi connectivity index (χ4n) is 8.12. The van der Waals surface area contributed by atoms with E-state index in [0.717, 1.165) is 30.2 Å². The van der Waals surface area contributed by atoms with E-state index in [2.05, 4.69) is 15.0 Å². The second-order valence-electron chi connectivity index (χ2n) is 11.6. The zero-order valence-corrected chi connectivity index (χ0v) is 21.7. The Kier molecular flexibility index (Phi) is 6.78. The Labute approximate surface area is 217 Å². The number of carboxylic acids is 1. The van der Waals surface area contributed by atoms with Crippen molar-refractivity contribution in [2.24, 2.45) is 17.0 Å². The summed E-state index contributed by atoms with van der Waals surface area (Å²) >= 11 is 0. The molecule has 4 aliphatic rings. The molecule has 2 aliphatic heterocycles. The molecule has 6 atom stereocenters. The maximum atomic E-state index is 13.9. The molecule has 4 bridgehead atoms. The number of aliphatic carboxylic acids is 1. The summed E-state index contributed by atoms with van der Waals surface area (Å²) in [6.45, 7) is 1.93. The second-order valence-corrected chi connectivity index (χ2v) is 11.6. The molecule has 2 unspecified atom stereocenters. The largest absolute Gasteiger partial charge is 0.476 e. The van der Waals surface area contributed by atoms with Crippen LogP contribution < -0.4 is 5.56 Å². The zero-order chi connectivity index (χ0) is 25.5. The Morgan fingerprint density at radius 3 is 2.32 bits per heavy atom. The van der Waals surface area contributed by atoms with Crippen LogP contribution in [0.1, 0.15) is 89.3 Å². The second kappa shape index (κ2) is 10.2. The molecule has 2 aliphatic carbocycles. The molecule has 0 radical (unpaired) electrons. The molecule has 8 nitrogen and oxygen atoms in total. The lowest BCUT2D eigenvalue weighted by Crippen LogP contribution is -2.58. The van der Waals surface area contributed by atoms with Crippen molar-refractivity contribution in [3.05, 3.63) is 40.3 Å². The molecule has 1 aromatic heterocycles. The van der Waals surface area contributed by atoms with Gasteiger partial charge in [-0.2, -0.15) is 0 Å². The number of oxime groups is 1. The van der Waals surface area contributed by atoms with E-state index in [4.69, 9.17) is 4.84 Å². The lowest BCUT2D eigenvalue weighted by molar-refractivity contribution is -0.129. The Bertz CT molecular complexity index is 1230. The summed E-state index contributed by atoms with van der Waals surface area (Å²) in [7, 11) is 0. The maximum Gasteiger partial charge on any atom is 0.360 e. The summed E-state index contributed by atoms with van der Waals surface area (Å²) in [5.41, 5.74) is 0.407. The van der Waals surface area contributed by atoms with E-state index in [9.17, 15) is 14.7 Å². The molecule has 3 heterocycles. The van der Waals surface area contributed by atoms with Crippen LogP contribution in [-0.4, -0.2) is 56.0 Å². The molecular formula is C29H38N4O4. The normalized spacial score (nSPS) is 32.3. The van der Waals surface area contributed by atoms with Crippen LogP contribution in [-0.2, 0) is 9.63 Å². The van der Waals surface area contributed by atoms with Gasteiger partial charge in [0.15, 0.2) is 5.69 Å². The number of para-hydroxylation sites is 2. The highest BCUT2D eigenvalue weighted by Crippen LogP contribution is 2.47. The Morgan fingerprint density at radius 1 is 0.973 bits per heavy atom. The molecule has 37 heavy (non-hydrogen) atoms. The highest BCUT2D eigenvalue weighted by Gasteiger charge is 2.45. The number of aromatic nitrogens is 2. The number of hydrogen-bond acceptors (Lipinski definition) is 6. The SMILES string of the molecule is CCON=C(C(=O)O)c1nc2ccccc2n(C2C[C@H]3CCC[C@@H](C2)N3C2C[C@H]3CCC[C@@H](C2)C3)c1=O. The van der Waals surface area contributed by atoms with E-state index in [-0.39, 0.29) is 23.9 Å². The summed E-state index contributed by atoms with van der Waals surface area (Å²) < 4.78 is 1.83. The lowest BCUT2D eigenvalue weighted by atomic mass is 9.68. The van der Waals surface area contributed by atoms with E-state index in [1.165, 1.54) is 57.8 Å². The van der Waals surface area contributed by atoms with Crippen LogP contribution in [0.3, 0.4) is 0 Å². The molecule has 1 aromatic carbocycles. The number of nitrogens with zero attached hydrogens (tertiary/aromatic N) is 4. The standard InChI is InChI=1S/C29H38N4O4/c1-2-37-31-27(29(35)36)26-28(34)33(25-12-4-3-11-24(25)30-26)23-16-20-9-6-10-21(17-23)32(20)22-14-18-7-5-8-19(13-18)15-22/h3-4,11-12,18-23H,2,5-10,13-17H2,1H3,(H,35,36)/t18-,19+,20-,21+,22?,23?. The van der Waals surface area contributed by atoms with Gasteiger partial charge in [0.2, 0.25) is 5.71 Å². The zero-order valence-electron chi connectivity index (χ0n) is 21.7. The fraction of sp³-hybridized carbons (Fsp3) is 0.655. The Balaban J connectivity index is 1.37. The average molecular weight is 507 g/mol. The van der Waals surface area contributed by atoms with Crippen molar-refractivity contribution in [1.82, 2.24) is 14.5 Å². The van der Waals surface area contributed by atoms with Gasteiger partial charge < -0.3 is 14.5 Å². The van der Waals surface area contributed by atoms with Crippen LogP contribution in [0.25, 0.3) is 11.0 Å². The Morgan fingerprint density at radius 2 is 1.65 bits per heavy atom. The number of rotatable bonds is 6. The lowest BCUT2D eigenvalue weighted by Gasteiger charge is -2.55. The first-order valence-electron chi connectivity index (χ1n) is 14.3. The van der Waals surface area contributed by atoms with Gasteiger partial charge in [-0.25, -0.2) is 9.78 Å². The van der Waals surface area contributed by atoms with E-state index in [1.54, 1.807) is 6.92 Å². The molecule has 198 valence electrons. The fourth-order valence-corrected chi connectivity index (χ4v) is 8.12. The summed E-state index contributed by atoms with van der Waals surface area (Å²) in [5, 5.41) is 13.6. The number of carbonyl (C=O) groups is 1. The number of benzene rings is 1. The van der Waals surface area contributed by atoms with Gasteiger partial charge in [0.05, 0.1) is 11.0 Å². The minimum Gasteiger partial charge on any atom is -0.476 e. The van der Waals surface area contributed by atoms with Crippen molar-refractivity contribution in [1.29, 1.82) is 0 Å². The third kappa shape index (κ3) is 4.58. The van der Waals surface area contributed by atoms with E-state index >= 15 is 0 Å². The van der Waals surface area contributed by atoms with Crippen molar-refractivity contribution >= 4 is 22.7 Å². The third-order valence-electron chi connectivity index (χ3n) is 9.40. The molecule has 0 amide bonds. The predicted molar refractivity (Wildman–Crippen MR) is 142 cm³/mol. The van der Waals surface area contributed by atoms with E-state index in [1.807, 2.05) is 28.8 Å². The molecule has 6 rings (SSSR count). The van der Waals surface area contributed by atoms with Crippen molar-refractivity contribution in [2.45, 2.75) is 102 Å². The monoisotopic (exact) mass is 506 g/mol. The van der Waals surface area contributed by atoms with Crippen molar-refractivity contribution < 1.29 is 14.7 Å². The quantitative estimate of drug-likeness (QED) is 0.449. The highest BCUT2D eigenvalue weighted by atomic mass is 16.6. The number of carboxylic acid groups (broad SMARTS) is 1. The van der Waals surface area contributed by atoms with Crippen LogP contribution in [0.15, 0.2) is 34.2 Å². The first kappa shape index (κ1) is 24.6. The topological polar surface area (TPSA) is 97.0 Å². The molecule has 1 N–H and O–H groups in total. The first-order valence-corrected chi connectivity index (χ1v) is 14.3. The third-order valence-corrected chi connectivity index (χ3v) is 9.40. The summed E-state index contributed by atoms with van der Waals surface area (Å²) in [6.07, 6.45) is 13.7. The van der Waals surface area contributed by atoms with Crippen LogP contribution in [0.5, 0.6) is 0 Å². The van der Waals surface area contributed by atoms with Gasteiger partial charge in [-0.15, -0.1) is 0 Å². The van der Waals surface area contributed by atoms with Crippen LogP contribution in [0.4, 0.5) is 0 Å². The highest BCUT2D eigenvalue weighted by molar-refractivity contribution is 6.41. The van der Waals surface area contributed by atoms with Crippen molar-refractivity contribution in [2.75, 3.05) is 6.61 Å². The minimum atomic E-state index is -1.31. The summed E-state index contributed by atoms with van der Waals surface area (Å²) in [4.78, 5) is 38.3. The molecule has 2 aromatic rings. The summed E-state index contributed by atoms with van der Waals surface area (Å²) in [5.74, 6) is 0.475. The van der Waals surface area contributed by atoms with Gasteiger partial charge in [0.25, 0.3) is 5.56 Å².